The molecule has 1 aliphatic rings. The molecule has 0 bridgehead atoms. The molecule has 1 aromatic carbocycles. The number of benzene rings is 1. The normalized spacial score (nSPS) is 14.5. The monoisotopic (exact) mass is 398 g/mol. The molecule has 2 heterocycles. The number of nitriles is 1. The first-order valence-electron chi connectivity index (χ1n) is 8.32. The highest BCUT2D eigenvalue weighted by molar-refractivity contribution is 7.11. The van der Waals surface area contributed by atoms with Crippen LogP contribution in [0.1, 0.15) is 33.9 Å². The molecule has 130 valence electrons. The van der Waals surface area contributed by atoms with E-state index in [-0.39, 0.29) is 11.3 Å². The van der Waals surface area contributed by atoms with E-state index in [0.29, 0.717) is 10.0 Å². The topological polar surface area (TPSA) is 56.9 Å². The van der Waals surface area contributed by atoms with Crippen molar-refractivity contribution in [2.45, 2.75) is 25.7 Å². The van der Waals surface area contributed by atoms with Gasteiger partial charge in [-0.05, 0) is 43.4 Å². The zero-order valence-electron chi connectivity index (χ0n) is 13.8. The smallest absolute Gasteiger partial charge is 0.144 e. The van der Waals surface area contributed by atoms with Crippen molar-refractivity contribution >= 4 is 45.6 Å². The van der Waals surface area contributed by atoms with Gasteiger partial charge < -0.3 is 5.11 Å². The molecule has 6 heteroatoms. The van der Waals surface area contributed by atoms with Crippen LogP contribution in [0.5, 0.6) is 0 Å². The summed E-state index contributed by atoms with van der Waals surface area (Å²) in [6, 6.07) is 9.56. The molecular weight excluding hydrogens is 384 g/mol. The number of halogens is 1. The summed E-state index contributed by atoms with van der Waals surface area (Å²) in [5, 5.41) is 25.5. The number of hydrogen-bond acceptors (Lipinski definition) is 5. The summed E-state index contributed by atoms with van der Waals surface area (Å²) < 4.78 is 0. The largest absolute Gasteiger partial charge is 0.506 e. The first kappa shape index (κ1) is 17.3. The van der Waals surface area contributed by atoms with Crippen molar-refractivity contribution in [3.8, 4) is 17.3 Å². The number of allylic oxidation sites excluding steroid dienone is 1. The number of thiazole rings is 1. The lowest BCUT2D eigenvalue weighted by molar-refractivity contribution is 0.512. The fourth-order valence-electron chi connectivity index (χ4n) is 3.17. The number of hydrogen-bond donors (Lipinski definition) is 1. The Morgan fingerprint density at radius 3 is 2.65 bits per heavy atom. The summed E-state index contributed by atoms with van der Waals surface area (Å²) in [6.45, 7) is 0. The van der Waals surface area contributed by atoms with Crippen LogP contribution in [0.2, 0.25) is 5.02 Å². The molecule has 1 aliphatic carbocycles. The Morgan fingerprint density at radius 1 is 1.12 bits per heavy atom. The SMILES string of the molecule is N#C/C(=C(/O)c1csc2c1CCCC2)c1nc(-c2ccc(Cl)cc2)cs1. The zero-order chi connectivity index (χ0) is 18.1. The number of fused-ring (bicyclic) bond motifs is 1. The van der Waals surface area contributed by atoms with E-state index in [0.717, 1.165) is 36.1 Å². The van der Waals surface area contributed by atoms with Crippen LogP contribution in [0.15, 0.2) is 35.0 Å². The van der Waals surface area contributed by atoms with Gasteiger partial charge in [0.2, 0.25) is 0 Å². The van der Waals surface area contributed by atoms with Crippen LogP contribution >= 0.6 is 34.3 Å². The maximum absolute atomic E-state index is 10.8. The summed E-state index contributed by atoms with van der Waals surface area (Å²) in [4.78, 5) is 5.89. The summed E-state index contributed by atoms with van der Waals surface area (Å²) in [6.07, 6.45) is 4.35. The van der Waals surface area contributed by atoms with Crippen molar-refractivity contribution in [1.82, 2.24) is 4.98 Å². The number of rotatable bonds is 3. The third kappa shape index (κ3) is 3.16. The minimum atomic E-state index is 0.0453. The van der Waals surface area contributed by atoms with E-state index in [1.54, 1.807) is 11.3 Å². The van der Waals surface area contributed by atoms with Gasteiger partial charge in [-0.2, -0.15) is 5.26 Å². The number of aromatic nitrogens is 1. The van der Waals surface area contributed by atoms with E-state index in [9.17, 15) is 10.4 Å². The van der Waals surface area contributed by atoms with Gasteiger partial charge in [0.15, 0.2) is 0 Å². The van der Waals surface area contributed by atoms with Crippen LogP contribution in [0.4, 0.5) is 0 Å². The molecule has 0 radical (unpaired) electrons. The molecule has 26 heavy (non-hydrogen) atoms. The molecule has 0 saturated carbocycles. The maximum atomic E-state index is 10.8. The molecule has 1 N–H and O–H groups in total. The third-order valence-electron chi connectivity index (χ3n) is 4.52. The van der Waals surface area contributed by atoms with Gasteiger partial charge in [-0.15, -0.1) is 22.7 Å². The minimum absolute atomic E-state index is 0.0453. The van der Waals surface area contributed by atoms with Gasteiger partial charge in [-0.3, -0.25) is 0 Å². The minimum Gasteiger partial charge on any atom is -0.506 e. The number of aryl methyl sites for hydroxylation is 1. The van der Waals surface area contributed by atoms with Crippen molar-refractivity contribution < 1.29 is 5.11 Å². The molecule has 0 saturated heterocycles. The Labute approximate surface area is 164 Å². The van der Waals surface area contributed by atoms with Gasteiger partial charge in [-0.1, -0.05) is 23.7 Å². The predicted molar refractivity (Wildman–Crippen MR) is 109 cm³/mol. The van der Waals surface area contributed by atoms with Crippen LogP contribution in [-0.4, -0.2) is 10.1 Å². The van der Waals surface area contributed by atoms with Gasteiger partial charge in [0, 0.05) is 31.8 Å². The Balaban J connectivity index is 1.73. The highest BCUT2D eigenvalue weighted by Crippen LogP contribution is 2.37. The second-order valence-electron chi connectivity index (χ2n) is 6.14. The lowest BCUT2D eigenvalue weighted by atomic mass is 9.94. The quantitative estimate of drug-likeness (QED) is 0.412. The fraction of sp³-hybridized carbons (Fsp3) is 0.200. The van der Waals surface area contributed by atoms with Crippen molar-refractivity contribution in [2.24, 2.45) is 0 Å². The summed E-state index contributed by atoms with van der Waals surface area (Å²) in [5.74, 6) is 0.0453. The van der Waals surface area contributed by atoms with Crippen molar-refractivity contribution in [3.63, 3.8) is 0 Å². The number of thiophene rings is 1. The van der Waals surface area contributed by atoms with Crippen LogP contribution in [-0.2, 0) is 12.8 Å². The summed E-state index contributed by atoms with van der Waals surface area (Å²) in [7, 11) is 0. The molecule has 2 aromatic heterocycles. The lowest BCUT2D eigenvalue weighted by Crippen LogP contribution is -2.01. The van der Waals surface area contributed by atoms with E-state index in [4.69, 9.17) is 11.6 Å². The Bertz CT molecular complexity index is 1030. The first-order valence-corrected chi connectivity index (χ1v) is 10.5. The summed E-state index contributed by atoms with van der Waals surface area (Å²) >= 11 is 8.97. The molecule has 3 aromatic rings. The predicted octanol–water partition coefficient (Wildman–Crippen LogP) is 6.35. The van der Waals surface area contributed by atoms with E-state index in [2.05, 4.69) is 11.1 Å². The van der Waals surface area contributed by atoms with Crippen molar-refractivity contribution in [2.75, 3.05) is 0 Å². The third-order valence-corrected chi connectivity index (χ3v) is 6.72. The summed E-state index contributed by atoms with van der Waals surface area (Å²) in [5.41, 5.74) is 3.93. The van der Waals surface area contributed by atoms with E-state index >= 15 is 0 Å². The fourth-order valence-corrected chi connectivity index (χ4v) is 5.25. The molecule has 0 amide bonds. The van der Waals surface area contributed by atoms with Crippen LogP contribution < -0.4 is 0 Å². The van der Waals surface area contributed by atoms with E-state index in [1.165, 1.54) is 28.2 Å². The highest BCUT2D eigenvalue weighted by atomic mass is 35.5. The second-order valence-corrected chi connectivity index (χ2v) is 8.40. The molecule has 0 spiro atoms. The average molecular weight is 399 g/mol. The van der Waals surface area contributed by atoms with Gasteiger partial charge >= 0.3 is 0 Å². The van der Waals surface area contributed by atoms with Crippen molar-refractivity contribution in [3.05, 3.63) is 61.1 Å². The number of nitrogens with zero attached hydrogens (tertiary/aromatic N) is 2. The second kappa shape index (κ2) is 7.24. The molecular formula is C20H15ClN2OS2. The van der Waals surface area contributed by atoms with Crippen LogP contribution in [0.3, 0.4) is 0 Å². The lowest BCUT2D eigenvalue weighted by Gasteiger charge is -2.12. The molecule has 0 unspecified atom stereocenters. The zero-order valence-corrected chi connectivity index (χ0v) is 16.2. The van der Waals surface area contributed by atoms with E-state index in [1.807, 2.05) is 35.0 Å². The van der Waals surface area contributed by atoms with Gasteiger partial charge in [0.1, 0.15) is 22.4 Å². The molecule has 4 rings (SSSR count). The Hall–Kier alpha value is -2.13. The van der Waals surface area contributed by atoms with Crippen LogP contribution in [0.25, 0.3) is 22.6 Å². The average Bonchev–Trinajstić information content (AvgIpc) is 3.30. The van der Waals surface area contributed by atoms with Gasteiger partial charge in [-0.25, -0.2) is 4.98 Å². The molecule has 3 nitrogen and oxygen atoms in total. The molecule has 0 fully saturated rings. The Morgan fingerprint density at radius 2 is 1.88 bits per heavy atom. The van der Waals surface area contributed by atoms with Gasteiger partial charge in [0.25, 0.3) is 0 Å². The van der Waals surface area contributed by atoms with Crippen molar-refractivity contribution in [1.29, 1.82) is 5.26 Å². The molecule has 0 aliphatic heterocycles. The molecule has 0 atom stereocenters. The number of aliphatic hydroxyl groups excluding tert-OH is 1. The van der Waals surface area contributed by atoms with E-state index < -0.39 is 0 Å². The first-order chi connectivity index (χ1) is 12.7. The highest BCUT2D eigenvalue weighted by Gasteiger charge is 2.22. The Kier molecular flexibility index (Phi) is 4.82. The van der Waals surface area contributed by atoms with Crippen LogP contribution in [0, 0.1) is 11.3 Å². The number of aliphatic hydroxyl groups is 1. The standard InChI is InChI=1S/C20H15ClN2OS2/c21-13-7-5-12(6-8-13)17-11-26-20(23-17)15(9-22)19(24)16-10-25-18-4-2-1-3-14(16)18/h5-8,10-11,24H,1-4H2/b19-15-. The van der Waals surface area contributed by atoms with Gasteiger partial charge in [0.05, 0.1) is 5.69 Å². The maximum Gasteiger partial charge on any atom is 0.144 e.